The van der Waals surface area contributed by atoms with E-state index in [0.29, 0.717) is 0 Å². The largest absolute Gasteiger partial charge is 0.493 e. The highest BCUT2D eigenvalue weighted by atomic mass is 19.4. The maximum absolute atomic E-state index is 12.2. The van der Waals surface area contributed by atoms with Crippen LogP contribution in [0.5, 0.6) is 17.2 Å². The summed E-state index contributed by atoms with van der Waals surface area (Å²) in [5.74, 6) is -4.50. The minimum absolute atomic E-state index is 0.0909. The number of benzene rings is 1. The molecule has 0 unspecified atom stereocenters. The smallest absolute Gasteiger partial charge is 0.491 e. The van der Waals surface area contributed by atoms with Gasteiger partial charge in [-0.3, -0.25) is 10.1 Å². The molecule has 2 rings (SSSR count). The summed E-state index contributed by atoms with van der Waals surface area (Å²) in [5, 5.41) is 13.8. The molecule has 1 heterocycles. The lowest BCUT2D eigenvalue weighted by atomic mass is 10.2. The molecule has 154 valence electrons. The normalized spacial score (nSPS) is 10.8. The number of ether oxygens (including phenoxy) is 3. The second kappa shape index (κ2) is 8.41. The van der Waals surface area contributed by atoms with Crippen molar-refractivity contribution in [2.24, 2.45) is 0 Å². The first-order chi connectivity index (χ1) is 13.6. The summed E-state index contributed by atoms with van der Waals surface area (Å²) in [5.41, 5.74) is -0.850. The number of pyridine rings is 1. The molecule has 0 fully saturated rings. The number of carbonyl (C=O) groups is 2. The zero-order valence-corrected chi connectivity index (χ0v) is 14.8. The summed E-state index contributed by atoms with van der Waals surface area (Å²) in [6, 6.07) is 4.46. The minimum atomic E-state index is -5.36. The first-order valence-electron chi connectivity index (χ1n) is 7.58. The topological polar surface area (TPSA) is 130 Å². The molecule has 0 atom stereocenters. The van der Waals surface area contributed by atoms with Crippen LogP contribution in [0.3, 0.4) is 0 Å². The van der Waals surface area contributed by atoms with Crippen LogP contribution in [0.25, 0.3) is 0 Å². The van der Waals surface area contributed by atoms with Crippen LogP contribution < -0.4 is 14.8 Å². The number of methoxy groups -OCH3 is 1. The van der Waals surface area contributed by atoms with Gasteiger partial charge in [-0.2, -0.15) is 13.2 Å². The van der Waals surface area contributed by atoms with Gasteiger partial charge >= 0.3 is 18.1 Å². The minimum Gasteiger partial charge on any atom is -0.493 e. The summed E-state index contributed by atoms with van der Waals surface area (Å²) in [7, 11) is 2.75. The van der Waals surface area contributed by atoms with E-state index >= 15 is 0 Å². The molecule has 29 heavy (non-hydrogen) atoms. The van der Waals surface area contributed by atoms with E-state index in [1.807, 2.05) is 0 Å². The second-order valence-electron chi connectivity index (χ2n) is 5.18. The van der Waals surface area contributed by atoms with E-state index < -0.39 is 28.7 Å². The van der Waals surface area contributed by atoms with E-state index in [9.17, 15) is 32.9 Å². The van der Waals surface area contributed by atoms with Gasteiger partial charge in [-0.1, -0.05) is 0 Å². The number of hydrogen-bond acceptors (Lipinski definition) is 9. The fraction of sp³-hybridized carbons (Fsp3) is 0.188. The Hall–Kier alpha value is -3.90. The van der Waals surface area contributed by atoms with Crippen LogP contribution in [0.1, 0.15) is 10.5 Å². The zero-order chi connectivity index (χ0) is 21.8. The second-order valence-corrected chi connectivity index (χ2v) is 5.18. The van der Waals surface area contributed by atoms with Gasteiger partial charge in [0.1, 0.15) is 11.4 Å². The maximum Gasteiger partial charge on any atom is 0.491 e. The highest BCUT2D eigenvalue weighted by Crippen LogP contribution is 2.39. The lowest BCUT2D eigenvalue weighted by molar-refractivity contribution is -0.384. The van der Waals surface area contributed by atoms with Gasteiger partial charge in [0.25, 0.3) is 5.69 Å². The lowest BCUT2D eigenvalue weighted by Crippen LogP contribution is -2.28. The van der Waals surface area contributed by atoms with Gasteiger partial charge in [0.2, 0.25) is 0 Å². The average molecular weight is 415 g/mol. The Balaban J connectivity index is 2.33. The molecule has 0 aliphatic heterocycles. The number of rotatable bonds is 6. The standard InChI is InChI=1S/C16H12F3N3O7/c1-20-9-6-12(27-2)13(7-11(9)22(25)26)28-8-3-4-21-10(5-8)14(23)29-15(24)16(17,18)19/h3-7,20H,1-2H3. The third-order valence-corrected chi connectivity index (χ3v) is 3.33. The van der Waals surface area contributed by atoms with Crippen LogP contribution in [0.2, 0.25) is 0 Å². The Morgan fingerprint density at radius 1 is 1.21 bits per heavy atom. The Labute approximate surface area is 160 Å². The molecule has 0 saturated heterocycles. The Morgan fingerprint density at radius 2 is 1.90 bits per heavy atom. The Bertz CT molecular complexity index is 963. The molecule has 0 spiro atoms. The molecule has 1 N–H and O–H groups in total. The predicted octanol–water partition coefficient (Wildman–Crippen LogP) is 3.08. The number of halogens is 3. The molecular formula is C16H12F3N3O7. The molecular weight excluding hydrogens is 403 g/mol. The van der Waals surface area contributed by atoms with Gasteiger partial charge in [-0.15, -0.1) is 0 Å². The van der Waals surface area contributed by atoms with Crippen LogP contribution in [0, 0.1) is 10.1 Å². The van der Waals surface area contributed by atoms with Crippen molar-refractivity contribution in [3.63, 3.8) is 0 Å². The highest BCUT2D eigenvalue weighted by Gasteiger charge is 2.42. The molecule has 13 heteroatoms. The van der Waals surface area contributed by atoms with Crippen LogP contribution in [-0.2, 0) is 9.53 Å². The molecule has 0 aliphatic rings. The molecule has 2 aromatic rings. The van der Waals surface area contributed by atoms with Crippen molar-refractivity contribution in [3.8, 4) is 17.2 Å². The first kappa shape index (κ1) is 21.4. The average Bonchev–Trinajstić information content (AvgIpc) is 2.66. The SMILES string of the molecule is CNc1cc(OC)c(Oc2ccnc(C(=O)OC(=O)C(F)(F)F)c2)cc1[N+](=O)[O-]. The number of anilines is 1. The summed E-state index contributed by atoms with van der Waals surface area (Å²) in [4.78, 5) is 36.5. The van der Waals surface area contributed by atoms with Crippen LogP contribution in [0.4, 0.5) is 24.5 Å². The van der Waals surface area contributed by atoms with Crippen molar-refractivity contribution in [3.05, 3.63) is 46.3 Å². The van der Waals surface area contributed by atoms with Crippen LogP contribution in [-0.4, -0.2) is 42.2 Å². The molecule has 0 aliphatic carbocycles. The number of aromatic nitrogens is 1. The van der Waals surface area contributed by atoms with Crippen LogP contribution >= 0.6 is 0 Å². The van der Waals surface area contributed by atoms with Gasteiger partial charge in [0, 0.05) is 25.4 Å². The number of nitrogens with zero attached hydrogens (tertiary/aromatic N) is 2. The summed E-state index contributed by atoms with van der Waals surface area (Å²) < 4.78 is 50.8. The first-order valence-corrected chi connectivity index (χ1v) is 7.58. The van der Waals surface area contributed by atoms with Crippen LogP contribution in [0.15, 0.2) is 30.5 Å². The number of alkyl halides is 3. The molecule has 0 amide bonds. The van der Waals surface area contributed by atoms with E-state index in [4.69, 9.17) is 9.47 Å². The Morgan fingerprint density at radius 3 is 2.45 bits per heavy atom. The monoisotopic (exact) mass is 415 g/mol. The van der Waals surface area contributed by atoms with E-state index in [1.54, 1.807) is 0 Å². The lowest BCUT2D eigenvalue weighted by Gasteiger charge is -2.13. The molecule has 0 bridgehead atoms. The molecule has 1 aromatic carbocycles. The number of nitro benzene ring substituents is 1. The predicted molar refractivity (Wildman–Crippen MR) is 90.0 cm³/mol. The van der Waals surface area contributed by atoms with Crippen molar-refractivity contribution in [1.29, 1.82) is 0 Å². The fourth-order valence-corrected chi connectivity index (χ4v) is 2.05. The van der Waals surface area contributed by atoms with Crippen molar-refractivity contribution in [1.82, 2.24) is 4.98 Å². The summed E-state index contributed by atoms with van der Waals surface area (Å²) in [6.07, 6.45) is -4.35. The molecule has 10 nitrogen and oxygen atoms in total. The Kier molecular flexibility index (Phi) is 6.21. The van der Waals surface area contributed by atoms with Gasteiger partial charge in [-0.05, 0) is 6.07 Å². The summed E-state index contributed by atoms with van der Waals surface area (Å²) in [6.45, 7) is 0. The van der Waals surface area contributed by atoms with Crippen molar-refractivity contribution in [2.75, 3.05) is 19.5 Å². The van der Waals surface area contributed by atoms with E-state index in [2.05, 4.69) is 15.0 Å². The van der Waals surface area contributed by atoms with Gasteiger partial charge < -0.3 is 19.5 Å². The number of nitrogens with one attached hydrogen (secondary N) is 1. The third-order valence-electron chi connectivity index (χ3n) is 3.33. The highest BCUT2D eigenvalue weighted by molar-refractivity contribution is 5.97. The van der Waals surface area contributed by atoms with Gasteiger partial charge in [0.05, 0.1) is 18.1 Å². The number of hydrogen-bond donors (Lipinski definition) is 1. The van der Waals surface area contributed by atoms with Crippen molar-refractivity contribution >= 4 is 23.3 Å². The molecule has 0 saturated carbocycles. The van der Waals surface area contributed by atoms with Gasteiger partial charge in [0.15, 0.2) is 17.2 Å². The quantitative estimate of drug-likeness (QED) is 0.327. The third kappa shape index (κ3) is 5.09. The number of nitro groups is 1. The number of esters is 2. The fourth-order valence-electron chi connectivity index (χ4n) is 2.05. The zero-order valence-electron chi connectivity index (χ0n) is 14.8. The molecule has 1 aromatic heterocycles. The van der Waals surface area contributed by atoms with Crippen molar-refractivity contribution in [2.45, 2.75) is 6.18 Å². The van der Waals surface area contributed by atoms with Crippen molar-refractivity contribution < 1.29 is 41.9 Å². The van der Waals surface area contributed by atoms with Gasteiger partial charge in [-0.25, -0.2) is 14.6 Å². The summed E-state index contributed by atoms with van der Waals surface area (Å²) >= 11 is 0. The number of carbonyl (C=O) groups excluding carboxylic acids is 2. The van der Waals surface area contributed by atoms with E-state index in [0.717, 1.165) is 18.3 Å². The molecule has 0 radical (unpaired) electrons. The maximum atomic E-state index is 12.2. The van der Waals surface area contributed by atoms with E-state index in [1.165, 1.54) is 26.3 Å². The van der Waals surface area contributed by atoms with E-state index in [-0.39, 0.29) is 28.6 Å².